The predicted molar refractivity (Wildman–Crippen MR) is 76.1 cm³/mol. The Kier molecular flexibility index (Phi) is 3.65. The van der Waals surface area contributed by atoms with Crippen LogP contribution in [-0.2, 0) is 9.53 Å². The number of halogens is 1. The van der Waals surface area contributed by atoms with E-state index >= 15 is 0 Å². The van der Waals surface area contributed by atoms with E-state index < -0.39 is 12.0 Å². The van der Waals surface area contributed by atoms with E-state index in [1.54, 1.807) is 18.3 Å². The van der Waals surface area contributed by atoms with E-state index in [9.17, 15) is 9.90 Å². The van der Waals surface area contributed by atoms with Gasteiger partial charge in [0.1, 0.15) is 6.04 Å². The summed E-state index contributed by atoms with van der Waals surface area (Å²) in [6.45, 7) is 2.38. The molecule has 1 aliphatic heterocycles. The number of carbonyl (C=O) groups is 1. The van der Waals surface area contributed by atoms with Crippen molar-refractivity contribution in [1.29, 1.82) is 0 Å². The quantitative estimate of drug-likeness (QED) is 0.911. The Morgan fingerprint density at radius 1 is 1.40 bits per heavy atom. The highest BCUT2D eigenvalue weighted by Crippen LogP contribution is 2.30. The lowest BCUT2D eigenvalue weighted by atomic mass is 10.0. The first-order valence-electron chi connectivity index (χ1n) is 6.48. The summed E-state index contributed by atoms with van der Waals surface area (Å²) in [5, 5.41) is 11.1. The molecule has 6 heteroatoms. The van der Waals surface area contributed by atoms with Crippen molar-refractivity contribution in [2.75, 3.05) is 26.3 Å². The molecule has 1 fully saturated rings. The lowest BCUT2D eigenvalue weighted by Crippen LogP contribution is -2.42. The number of nitrogens with zero attached hydrogens (tertiary/aromatic N) is 1. The van der Waals surface area contributed by atoms with Crippen LogP contribution in [0.4, 0.5) is 0 Å². The first-order chi connectivity index (χ1) is 9.66. The van der Waals surface area contributed by atoms with Crippen LogP contribution in [-0.4, -0.2) is 47.3 Å². The Hall–Kier alpha value is -1.56. The summed E-state index contributed by atoms with van der Waals surface area (Å²) < 4.78 is 5.29. The molecule has 0 aliphatic carbocycles. The molecule has 0 saturated carbocycles. The Bertz CT molecular complexity index is 634. The van der Waals surface area contributed by atoms with Crippen LogP contribution < -0.4 is 0 Å². The van der Waals surface area contributed by atoms with Gasteiger partial charge in [-0.25, -0.2) is 0 Å². The number of nitrogens with one attached hydrogen (secondary N) is 1. The SMILES string of the molecule is O=C(O)[C@H](c1c[nH]c2cc(Cl)ccc12)N1CCOCC1. The molecule has 1 atom stereocenters. The van der Waals surface area contributed by atoms with Gasteiger partial charge in [0, 0.05) is 40.8 Å². The van der Waals surface area contributed by atoms with Gasteiger partial charge in [0.05, 0.1) is 13.2 Å². The number of benzene rings is 1. The summed E-state index contributed by atoms with van der Waals surface area (Å²) >= 11 is 5.96. The molecule has 0 radical (unpaired) electrons. The van der Waals surface area contributed by atoms with Crippen LogP contribution in [0.5, 0.6) is 0 Å². The maximum absolute atomic E-state index is 11.7. The van der Waals surface area contributed by atoms with Crippen molar-refractivity contribution in [2.24, 2.45) is 0 Å². The molecule has 5 nitrogen and oxygen atoms in total. The molecular weight excluding hydrogens is 280 g/mol. The van der Waals surface area contributed by atoms with Gasteiger partial charge >= 0.3 is 5.97 Å². The van der Waals surface area contributed by atoms with E-state index in [1.807, 2.05) is 11.0 Å². The van der Waals surface area contributed by atoms with E-state index in [0.717, 1.165) is 16.5 Å². The van der Waals surface area contributed by atoms with Crippen LogP contribution in [0.1, 0.15) is 11.6 Å². The van der Waals surface area contributed by atoms with Crippen LogP contribution in [0.15, 0.2) is 24.4 Å². The highest BCUT2D eigenvalue weighted by molar-refractivity contribution is 6.31. The standard InChI is InChI=1S/C14H15ClN2O3/c15-9-1-2-10-11(8-16-12(10)7-9)13(14(18)19)17-3-5-20-6-4-17/h1-2,7-8,13,16H,3-6H2,(H,18,19)/t13-/m0/s1. The first-order valence-corrected chi connectivity index (χ1v) is 6.86. The van der Waals surface area contributed by atoms with E-state index in [-0.39, 0.29) is 0 Å². The van der Waals surface area contributed by atoms with E-state index in [4.69, 9.17) is 16.3 Å². The van der Waals surface area contributed by atoms with Crippen molar-refractivity contribution in [3.63, 3.8) is 0 Å². The minimum atomic E-state index is -0.845. The molecule has 0 amide bonds. The summed E-state index contributed by atoms with van der Waals surface area (Å²) in [5.74, 6) is -0.845. The third kappa shape index (κ3) is 2.40. The van der Waals surface area contributed by atoms with E-state index in [0.29, 0.717) is 31.3 Å². The molecular formula is C14H15ClN2O3. The number of carboxylic acid groups (broad SMARTS) is 1. The molecule has 106 valence electrons. The van der Waals surface area contributed by atoms with E-state index in [2.05, 4.69) is 4.98 Å². The van der Waals surface area contributed by atoms with Crippen LogP contribution >= 0.6 is 11.6 Å². The molecule has 2 aromatic rings. The Morgan fingerprint density at radius 3 is 2.85 bits per heavy atom. The largest absolute Gasteiger partial charge is 0.480 e. The lowest BCUT2D eigenvalue weighted by Gasteiger charge is -2.31. The van der Waals surface area contributed by atoms with Crippen molar-refractivity contribution in [3.8, 4) is 0 Å². The average Bonchev–Trinajstić information content (AvgIpc) is 2.83. The Labute approximate surface area is 121 Å². The fourth-order valence-electron chi connectivity index (χ4n) is 2.67. The van der Waals surface area contributed by atoms with Crippen LogP contribution in [0.25, 0.3) is 10.9 Å². The highest BCUT2D eigenvalue weighted by Gasteiger charge is 2.30. The third-order valence-electron chi connectivity index (χ3n) is 3.62. The van der Waals surface area contributed by atoms with Crippen LogP contribution in [0, 0.1) is 0 Å². The molecule has 0 spiro atoms. The normalized spacial score (nSPS) is 18.2. The number of hydrogen-bond acceptors (Lipinski definition) is 3. The number of carboxylic acids is 1. The number of ether oxygens (including phenoxy) is 1. The Morgan fingerprint density at radius 2 is 2.15 bits per heavy atom. The number of morpholine rings is 1. The fraction of sp³-hybridized carbons (Fsp3) is 0.357. The van der Waals surface area contributed by atoms with E-state index in [1.165, 1.54) is 0 Å². The minimum absolute atomic E-state index is 0.567. The van der Waals surface area contributed by atoms with Gasteiger partial charge in [-0.1, -0.05) is 17.7 Å². The van der Waals surface area contributed by atoms with Crippen LogP contribution in [0.3, 0.4) is 0 Å². The summed E-state index contributed by atoms with van der Waals surface area (Å²) in [4.78, 5) is 16.7. The molecule has 3 rings (SSSR count). The minimum Gasteiger partial charge on any atom is -0.480 e. The number of fused-ring (bicyclic) bond motifs is 1. The third-order valence-corrected chi connectivity index (χ3v) is 3.85. The molecule has 1 aliphatic rings. The second-order valence-electron chi connectivity index (χ2n) is 4.82. The van der Waals surface area contributed by atoms with Crippen molar-refractivity contribution in [1.82, 2.24) is 9.88 Å². The summed E-state index contributed by atoms with van der Waals surface area (Å²) in [7, 11) is 0. The van der Waals surface area contributed by atoms with Crippen molar-refractivity contribution in [3.05, 3.63) is 35.0 Å². The zero-order valence-electron chi connectivity index (χ0n) is 10.8. The van der Waals surface area contributed by atoms with Gasteiger partial charge in [0.15, 0.2) is 0 Å². The van der Waals surface area contributed by atoms with Gasteiger partial charge < -0.3 is 14.8 Å². The topological polar surface area (TPSA) is 65.6 Å². The molecule has 0 bridgehead atoms. The maximum Gasteiger partial charge on any atom is 0.325 e. The molecule has 2 N–H and O–H groups in total. The monoisotopic (exact) mass is 294 g/mol. The summed E-state index contributed by atoms with van der Waals surface area (Å²) in [6, 6.07) is 4.78. The van der Waals surface area contributed by atoms with Gasteiger partial charge in [0.2, 0.25) is 0 Å². The van der Waals surface area contributed by atoms with Gasteiger partial charge in [-0.15, -0.1) is 0 Å². The van der Waals surface area contributed by atoms with Crippen molar-refractivity contribution < 1.29 is 14.6 Å². The summed E-state index contributed by atoms with van der Waals surface area (Å²) in [6.07, 6.45) is 1.76. The fourth-order valence-corrected chi connectivity index (χ4v) is 2.84. The predicted octanol–water partition coefficient (Wildman–Crippen LogP) is 2.28. The number of rotatable bonds is 3. The van der Waals surface area contributed by atoms with Crippen molar-refractivity contribution in [2.45, 2.75) is 6.04 Å². The molecule has 1 aromatic carbocycles. The lowest BCUT2D eigenvalue weighted by molar-refractivity contribution is -0.145. The first kappa shape index (κ1) is 13.4. The molecule has 0 unspecified atom stereocenters. The number of aliphatic carboxylic acids is 1. The maximum atomic E-state index is 11.7. The summed E-state index contributed by atoms with van der Waals surface area (Å²) in [5.41, 5.74) is 1.62. The second kappa shape index (κ2) is 5.44. The van der Waals surface area contributed by atoms with Gasteiger partial charge in [-0.3, -0.25) is 9.69 Å². The number of aromatic amines is 1. The molecule has 1 saturated heterocycles. The van der Waals surface area contributed by atoms with Gasteiger partial charge in [0.25, 0.3) is 0 Å². The Balaban J connectivity index is 2.02. The van der Waals surface area contributed by atoms with Crippen LogP contribution in [0.2, 0.25) is 5.02 Å². The highest BCUT2D eigenvalue weighted by atomic mass is 35.5. The number of hydrogen-bond donors (Lipinski definition) is 2. The van der Waals surface area contributed by atoms with Gasteiger partial charge in [-0.05, 0) is 12.1 Å². The smallest absolute Gasteiger partial charge is 0.325 e. The number of H-pyrrole nitrogens is 1. The van der Waals surface area contributed by atoms with Gasteiger partial charge in [-0.2, -0.15) is 0 Å². The molecule has 2 heterocycles. The number of aromatic nitrogens is 1. The molecule has 20 heavy (non-hydrogen) atoms. The zero-order valence-corrected chi connectivity index (χ0v) is 11.6. The zero-order chi connectivity index (χ0) is 14.1. The average molecular weight is 295 g/mol. The second-order valence-corrected chi connectivity index (χ2v) is 5.26. The van der Waals surface area contributed by atoms with Crippen molar-refractivity contribution >= 4 is 28.5 Å². The molecule has 1 aromatic heterocycles.